The highest BCUT2D eigenvalue weighted by Crippen LogP contribution is 2.22. The lowest BCUT2D eigenvalue weighted by Crippen LogP contribution is -2.22. The number of aromatic nitrogens is 1. The number of hydrogen-bond donors (Lipinski definition) is 2. The van der Waals surface area contributed by atoms with E-state index in [2.05, 4.69) is 24.0 Å². The van der Waals surface area contributed by atoms with E-state index in [1.807, 2.05) is 6.07 Å². The van der Waals surface area contributed by atoms with Crippen LogP contribution in [0.3, 0.4) is 0 Å². The van der Waals surface area contributed by atoms with Gasteiger partial charge in [-0.05, 0) is 12.8 Å². The van der Waals surface area contributed by atoms with Gasteiger partial charge in [0.05, 0.1) is 5.69 Å². The predicted molar refractivity (Wildman–Crippen MR) is 74.8 cm³/mol. The van der Waals surface area contributed by atoms with Gasteiger partial charge in [-0.3, -0.25) is 0 Å². The summed E-state index contributed by atoms with van der Waals surface area (Å²) in [6, 6.07) is 1.92. The van der Waals surface area contributed by atoms with E-state index in [1.54, 1.807) is 0 Å². The van der Waals surface area contributed by atoms with Gasteiger partial charge in [0.1, 0.15) is 6.54 Å². The van der Waals surface area contributed by atoms with Crippen molar-refractivity contribution in [3.63, 3.8) is 0 Å². The number of guanidine groups is 1. The number of hydrogen-bond acceptors (Lipinski definition) is 3. The van der Waals surface area contributed by atoms with Gasteiger partial charge in [-0.2, -0.15) is 0 Å². The minimum atomic E-state index is 0. The van der Waals surface area contributed by atoms with Crippen LogP contribution in [0.25, 0.3) is 0 Å². The predicted octanol–water partition coefficient (Wildman–Crippen LogP) is 1.97. The van der Waals surface area contributed by atoms with Crippen molar-refractivity contribution in [2.24, 2.45) is 16.5 Å². The molecule has 0 aliphatic carbocycles. The van der Waals surface area contributed by atoms with Crippen molar-refractivity contribution in [1.29, 1.82) is 0 Å². The Morgan fingerprint density at radius 2 is 2.06 bits per heavy atom. The Balaban J connectivity index is 0.00000225. The maximum absolute atomic E-state index is 5.22. The Morgan fingerprint density at radius 3 is 2.56 bits per heavy atom. The summed E-state index contributed by atoms with van der Waals surface area (Å²) in [6.45, 7) is 4.63. The monoisotopic (exact) mass is 338 g/mol. The summed E-state index contributed by atoms with van der Waals surface area (Å²) in [5.74, 6) is 1.22. The van der Waals surface area contributed by atoms with E-state index < -0.39 is 0 Å². The van der Waals surface area contributed by atoms with Crippen LogP contribution in [0, 0.1) is 0 Å². The first kappa shape index (κ1) is 15.2. The van der Waals surface area contributed by atoms with E-state index in [-0.39, 0.29) is 29.9 Å². The van der Waals surface area contributed by atoms with Gasteiger partial charge in [-0.1, -0.05) is 19.0 Å². The van der Waals surface area contributed by atoms with E-state index >= 15 is 0 Å². The van der Waals surface area contributed by atoms with Crippen LogP contribution >= 0.6 is 24.0 Å². The lowest BCUT2D eigenvalue weighted by atomic mass is 9.99. The topological polar surface area (TPSA) is 90.4 Å². The molecule has 0 aliphatic heterocycles. The summed E-state index contributed by atoms with van der Waals surface area (Å²) in [6.07, 6.45) is 2.12. The maximum Gasteiger partial charge on any atom is 0.186 e. The molecule has 0 bridgehead atoms. The zero-order valence-corrected chi connectivity index (χ0v) is 12.0. The van der Waals surface area contributed by atoms with E-state index in [1.165, 1.54) is 0 Å². The Hall–Kier alpha value is -0.790. The molecule has 92 valence electrons. The van der Waals surface area contributed by atoms with Crippen molar-refractivity contribution in [1.82, 2.24) is 5.16 Å². The Labute approximate surface area is 113 Å². The van der Waals surface area contributed by atoms with Crippen molar-refractivity contribution in [3.8, 4) is 0 Å². The number of aliphatic imine (C=N–C) groups is 1. The van der Waals surface area contributed by atoms with E-state index in [0.717, 1.165) is 18.5 Å². The summed E-state index contributed by atoms with van der Waals surface area (Å²) in [4.78, 5) is 3.86. The fraction of sp³-hybridized carbons (Fsp3) is 0.600. The smallest absolute Gasteiger partial charge is 0.186 e. The number of rotatable bonds is 5. The van der Waals surface area contributed by atoms with Crippen LogP contribution in [0.2, 0.25) is 0 Å². The van der Waals surface area contributed by atoms with E-state index in [9.17, 15) is 0 Å². The molecule has 4 N–H and O–H groups in total. The molecule has 0 spiro atoms. The molecule has 0 unspecified atom stereocenters. The number of nitrogens with two attached hydrogens (primary N) is 2. The minimum absolute atomic E-state index is 0. The van der Waals surface area contributed by atoms with Crippen molar-refractivity contribution in [2.45, 2.75) is 39.2 Å². The van der Waals surface area contributed by atoms with Gasteiger partial charge in [-0.25, -0.2) is 4.99 Å². The second kappa shape index (κ2) is 7.48. The zero-order valence-electron chi connectivity index (χ0n) is 9.64. The summed E-state index contributed by atoms with van der Waals surface area (Å²) in [7, 11) is 0. The number of nitrogens with zero attached hydrogens (tertiary/aromatic N) is 2. The molecule has 1 aromatic heterocycles. The van der Waals surface area contributed by atoms with Gasteiger partial charge >= 0.3 is 0 Å². The van der Waals surface area contributed by atoms with Crippen LogP contribution in [0.15, 0.2) is 15.6 Å². The molecule has 1 heterocycles. The minimum Gasteiger partial charge on any atom is -0.370 e. The molecule has 0 saturated heterocycles. The fourth-order valence-corrected chi connectivity index (χ4v) is 1.47. The first-order chi connectivity index (χ1) is 7.17. The van der Waals surface area contributed by atoms with E-state index in [0.29, 0.717) is 18.2 Å². The van der Waals surface area contributed by atoms with Gasteiger partial charge in [0.25, 0.3) is 0 Å². The van der Waals surface area contributed by atoms with Crippen molar-refractivity contribution in [3.05, 3.63) is 17.5 Å². The molecule has 1 rings (SSSR count). The van der Waals surface area contributed by atoms with Crippen molar-refractivity contribution < 1.29 is 4.52 Å². The quantitative estimate of drug-likeness (QED) is 0.488. The third kappa shape index (κ3) is 4.38. The molecular formula is C10H19IN4O. The first-order valence-corrected chi connectivity index (χ1v) is 5.18. The van der Waals surface area contributed by atoms with Gasteiger partial charge in [0.2, 0.25) is 0 Å². The molecule has 0 fully saturated rings. The van der Waals surface area contributed by atoms with Gasteiger partial charge in [0, 0.05) is 12.0 Å². The second-order valence-electron chi connectivity index (χ2n) is 3.47. The summed E-state index contributed by atoms with van der Waals surface area (Å²) >= 11 is 0. The highest BCUT2D eigenvalue weighted by atomic mass is 127. The summed E-state index contributed by atoms with van der Waals surface area (Å²) < 4.78 is 5.13. The zero-order chi connectivity index (χ0) is 11.3. The summed E-state index contributed by atoms with van der Waals surface area (Å²) in [5.41, 5.74) is 11.4. The Kier molecular flexibility index (Phi) is 7.11. The molecule has 0 aliphatic rings. The molecule has 0 radical (unpaired) electrons. The molecule has 1 aromatic rings. The first-order valence-electron chi connectivity index (χ1n) is 5.18. The lowest BCUT2D eigenvalue weighted by Gasteiger charge is -2.05. The van der Waals surface area contributed by atoms with Crippen LogP contribution in [0.4, 0.5) is 0 Å². The highest BCUT2D eigenvalue weighted by molar-refractivity contribution is 14.0. The molecule has 0 aromatic carbocycles. The molecule has 0 amide bonds. The standard InChI is InChI=1S/C10H18N4O.HI/c1-3-7(4-2)9-5-8(15-14-9)6-13-10(11)12;/h5,7H,3-4,6H2,1-2H3,(H4,11,12,13);1H. The highest BCUT2D eigenvalue weighted by Gasteiger charge is 2.12. The van der Waals surface area contributed by atoms with Gasteiger partial charge < -0.3 is 16.0 Å². The van der Waals surface area contributed by atoms with Crippen LogP contribution in [0.1, 0.15) is 44.1 Å². The molecule has 5 nitrogen and oxygen atoms in total. The van der Waals surface area contributed by atoms with Crippen molar-refractivity contribution >= 4 is 29.9 Å². The maximum atomic E-state index is 5.22. The Bertz CT molecular complexity index is 329. The van der Waals surface area contributed by atoms with Gasteiger partial charge in [0.15, 0.2) is 11.7 Å². The largest absolute Gasteiger partial charge is 0.370 e. The molecule has 6 heteroatoms. The van der Waals surface area contributed by atoms with Crippen LogP contribution in [0.5, 0.6) is 0 Å². The number of halogens is 1. The van der Waals surface area contributed by atoms with Gasteiger partial charge in [-0.15, -0.1) is 24.0 Å². The van der Waals surface area contributed by atoms with Crippen LogP contribution in [-0.2, 0) is 6.54 Å². The molecular weight excluding hydrogens is 319 g/mol. The normalized spacial score (nSPS) is 9.94. The molecule has 16 heavy (non-hydrogen) atoms. The van der Waals surface area contributed by atoms with E-state index in [4.69, 9.17) is 16.0 Å². The average molecular weight is 338 g/mol. The SMILES string of the molecule is CCC(CC)c1cc(CN=C(N)N)on1.I. The molecule has 0 saturated carbocycles. The summed E-state index contributed by atoms with van der Waals surface area (Å²) in [5, 5.41) is 4.01. The van der Waals surface area contributed by atoms with Crippen LogP contribution in [-0.4, -0.2) is 11.1 Å². The third-order valence-corrected chi connectivity index (χ3v) is 2.40. The second-order valence-corrected chi connectivity index (χ2v) is 3.47. The fourth-order valence-electron chi connectivity index (χ4n) is 1.47. The van der Waals surface area contributed by atoms with Crippen LogP contribution < -0.4 is 11.5 Å². The lowest BCUT2D eigenvalue weighted by molar-refractivity contribution is 0.372. The third-order valence-electron chi connectivity index (χ3n) is 2.40. The Morgan fingerprint density at radius 1 is 1.44 bits per heavy atom. The molecule has 0 atom stereocenters. The average Bonchev–Trinajstić information content (AvgIpc) is 2.65. The van der Waals surface area contributed by atoms with Crippen molar-refractivity contribution in [2.75, 3.05) is 0 Å².